The molecular formula is C14H14Cl2N2OS. The molecule has 0 saturated heterocycles. The van der Waals surface area contributed by atoms with Crippen molar-refractivity contribution in [3.8, 4) is 0 Å². The summed E-state index contributed by atoms with van der Waals surface area (Å²) in [6, 6.07) is 4.99. The number of carbonyl (C=O) groups is 1. The van der Waals surface area contributed by atoms with E-state index in [9.17, 15) is 4.79 Å². The molecular weight excluding hydrogens is 315 g/mol. The smallest absolute Gasteiger partial charge is 0.224 e. The number of rotatable bonds is 4. The maximum atomic E-state index is 11.9. The van der Waals surface area contributed by atoms with Crippen molar-refractivity contribution in [3.63, 3.8) is 0 Å². The van der Waals surface area contributed by atoms with Crippen LogP contribution in [0, 0.1) is 13.8 Å². The minimum atomic E-state index is -0.0837. The molecule has 0 spiro atoms. The van der Waals surface area contributed by atoms with Gasteiger partial charge in [0.25, 0.3) is 0 Å². The average molecular weight is 329 g/mol. The first-order valence-corrected chi connectivity index (χ1v) is 7.71. The van der Waals surface area contributed by atoms with Crippen LogP contribution in [0.15, 0.2) is 18.2 Å². The van der Waals surface area contributed by atoms with E-state index in [0.29, 0.717) is 28.6 Å². The number of halogens is 2. The number of benzene rings is 1. The molecule has 1 amide bonds. The molecule has 0 saturated carbocycles. The lowest BCUT2D eigenvalue weighted by Gasteiger charge is -2.07. The summed E-state index contributed by atoms with van der Waals surface area (Å²) in [5.74, 6) is -0.0837. The van der Waals surface area contributed by atoms with Gasteiger partial charge >= 0.3 is 0 Å². The molecule has 0 aliphatic heterocycles. The van der Waals surface area contributed by atoms with Crippen LogP contribution in [-0.4, -0.2) is 10.9 Å². The summed E-state index contributed by atoms with van der Waals surface area (Å²) in [7, 11) is 0. The van der Waals surface area contributed by atoms with Crippen molar-refractivity contribution in [2.45, 2.75) is 26.7 Å². The van der Waals surface area contributed by atoms with Gasteiger partial charge in [0.05, 0.1) is 21.4 Å². The molecule has 1 N–H and O–H groups in total. The molecule has 106 valence electrons. The number of nitrogens with zero attached hydrogens (tertiary/aromatic N) is 1. The van der Waals surface area contributed by atoms with Crippen molar-refractivity contribution in [2.24, 2.45) is 0 Å². The summed E-state index contributed by atoms with van der Waals surface area (Å²) >= 11 is 13.5. The molecule has 0 aliphatic rings. The highest BCUT2D eigenvalue weighted by Gasteiger charge is 2.10. The first-order valence-electron chi connectivity index (χ1n) is 6.13. The van der Waals surface area contributed by atoms with Gasteiger partial charge in [-0.3, -0.25) is 4.79 Å². The zero-order chi connectivity index (χ0) is 14.7. The van der Waals surface area contributed by atoms with E-state index in [1.54, 1.807) is 29.5 Å². The third-order valence-electron chi connectivity index (χ3n) is 2.78. The van der Waals surface area contributed by atoms with Gasteiger partial charge < -0.3 is 5.32 Å². The van der Waals surface area contributed by atoms with E-state index in [2.05, 4.69) is 10.3 Å². The van der Waals surface area contributed by atoms with Crippen LogP contribution in [0.25, 0.3) is 0 Å². The van der Waals surface area contributed by atoms with E-state index in [1.165, 1.54) is 0 Å². The Labute approximate surface area is 131 Å². The van der Waals surface area contributed by atoms with Crippen LogP contribution in [0.2, 0.25) is 10.0 Å². The van der Waals surface area contributed by atoms with Gasteiger partial charge in [0, 0.05) is 16.3 Å². The van der Waals surface area contributed by atoms with Gasteiger partial charge in [0.1, 0.15) is 0 Å². The fraction of sp³-hybridized carbons (Fsp3) is 0.286. The second kappa shape index (κ2) is 6.57. The number of hydrogen-bond donors (Lipinski definition) is 1. The van der Waals surface area contributed by atoms with Crippen LogP contribution in [0.1, 0.15) is 22.0 Å². The molecule has 2 aromatic rings. The Balaban J connectivity index is 1.96. The quantitative estimate of drug-likeness (QED) is 0.888. The van der Waals surface area contributed by atoms with E-state index in [-0.39, 0.29) is 5.91 Å². The molecule has 1 aromatic heterocycles. The fourth-order valence-corrected chi connectivity index (χ4v) is 3.11. The fourth-order valence-electron chi connectivity index (χ4n) is 1.84. The minimum absolute atomic E-state index is 0.0837. The lowest BCUT2D eigenvalue weighted by Crippen LogP contribution is -2.12. The molecule has 0 aliphatic carbocycles. The van der Waals surface area contributed by atoms with Gasteiger partial charge in [0.2, 0.25) is 5.91 Å². The van der Waals surface area contributed by atoms with Crippen molar-refractivity contribution in [1.29, 1.82) is 0 Å². The van der Waals surface area contributed by atoms with Gasteiger partial charge in [-0.2, -0.15) is 0 Å². The third kappa shape index (κ3) is 3.95. The normalized spacial score (nSPS) is 10.6. The molecule has 0 radical (unpaired) electrons. The van der Waals surface area contributed by atoms with Gasteiger partial charge in [0.15, 0.2) is 0 Å². The molecule has 20 heavy (non-hydrogen) atoms. The van der Waals surface area contributed by atoms with Crippen LogP contribution in [-0.2, 0) is 11.2 Å². The number of hydrogen-bond acceptors (Lipinski definition) is 3. The average Bonchev–Trinajstić information content (AvgIpc) is 2.70. The highest BCUT2D eigenvalue weighted by molar-refractivity contribution is 7.11. The standard InChI is InChI=1S/C14H14Cl2N2OS/c1-8-13(20-9(2)17-8)5-6-14(19)18-12-7-10(15)3-4-11(12)16/h3-4,7H,5-6H2,1-2H3,(H,18,19). The number of aryl methyl sites for hydroxylation is 3. The predicted octanol–water partition coefficient (Wildman–Crippen LogP) is 4.64. The molecule has 6 heteroatoms. The molecule has 1 heterocycles. The number of nitrogens with one attached hydrogen (secondary N) is 1. The van der Waals surface area contributed by atoms with E-state index in [1.807, 2.05) is 13.8 Å². The number of anilines is 1. The molecule has 0 atom stereocenters. The summed E-state index contributed by atoms with van der Waals surface area (Å²) < 4.78 is 0. The summed E-state index contributed by atoms with van der Waals surface area (Å²) in [5, 5.41) is 4.82. The Morgan fingerprint density at radius 2 is 2.10 bits per heavy atom. The number of aromatic nitrogens is 1. The summed E-state index contributed by atoms with van der Waals surface area (Å²) in [5.41, 5.74) is 1.54. The maximum Gasteiger partial charge on any atom is 0.224 e. The summed E-state index contributed by atoms with van der Waals surface area (Å²) in [6.07, 6.45) is 1.08. The van der Waals surface area contributed by atoms with Crippen molar-refractivity contribution in [2.75, 3.05) is 5.32 Å². The van der Waals surface area contributed by atoms with E-state index >= 15 is 0 Å². The first-order chi connectivity index (χ1) is 9.45. The predicted molar refractivity (Wildman–Crippen MR) is 85.0 cm³/mol. The van der Waals surface area contributed by atoms with Crippen LogP contribution >= 0.6 is 34.5 Å². The molecule has 1 aromatic carbocycles. The summed E-state index contributed by atoms with van der Waals surface area (Å²) in [4.78, 5) is 17.4. The van der Waals surface area contributed by atoms with E-state index in [4.69, 9.17) is 23.2 Å². The minimum Gasteiger partial charge on any atom is -0.325 e. The second-order valence-corrected chi connectivity index (χ2v) is 6.55. The zero-order valence-corrected chi connectivity index (χ0v) is 13.5. The molecule has 0 unspecified atom stereocenters. The molecule has 0 fully saturated rings. The van der Waals surface area contributed by atoms with Gasteiger partial charge in [-0.05, 0) is 38.5 Å². The molecule has 3 nitrogen and oxygen atoms in total. The Hall–Kier alpha value is -1.10. The third-order valence-corrected chi connectivity index (χ3v) is 4.48. The van der Waals surface area contributed by atoms with Gasteiger partial charge in [-0.1, -0.05) is 23.2 Å². The van der Waals surface area contributed by atoms with Crippen LogP contribution in [0.5, 0.6) is 0 Å². The Kier molecular flexibility index (Phi) is 5.02. The zero-order valence-electron chi connectivity index (χ0n) is 11.2. The highest BCUT2D eigenvalue weighted by Crippen LogP contribution is 2.26. The van der Waals surface area contributed by atoms with Crippen LogP contribution in [0.4, 0.5) is 5.69 Å². The lowest BCUT2D eigenvalue weighted by molar-refractivity contribution is -0.116. The Morgan fingerprint density at radius 3 is 2.75 bits per heavy atom. The summed E-state index contributed by atoms with van der Waals surface area (Å²) in [6.45, 7) is 3.93. The van der Waals surface area contributed by atoms with Crippen molar-refractivity contribution >= 4 is 46.1 Å². The largest absolute Gasteiger partial charge is 0.325 e. The molecule has 2 rings (SSSR count). The number of amides is 1. The van der Waals surface area contributed by atoms with Crippen molar-refractivity contribution in [1.82, 2.24) is 4.98 Å². The maximum absolute atomic E-state index is 11.9. The number of thiazole rings is 1. The highest BCUT2D eigenvalue weighted by atomic mass is 35.5. The van der Waals surface area contributed by atoms with Crippen LogP contribution in [0.3, 0.4) is 0 Å². The first kappa shape index (κ1) is 15.3. The Bertz CT molecular complexity index is 640. The van der Waals surface area contributed by atoms with Gasteiger partial charge in [-0.25, -0.2) is 4.98 Å². The van der Waals surface area contributed by atoms with Crippen LogP contribution < -0.4 is 5.32 Å². The van der Waals surface area contributed by atoms with Crippen molar-refractivity contribution in [3.05, 3.63) is 43.8 Å². The topological polar surface area (TPSA) is 42.0 Å². The van der Waals surface area contributed by atoms with Crippen molar-refractivity contribution < 1.29 is 4.79 Å². The van der Waals surface area contributed by atoms with E-state index < -0.39 is 0 Å². The second-order valence-electron chi connectivity index (χ2n) is 4.41. The van der Waals surface area contributed by atoms with E-state index in [0.717, 1.165) is 15.6 Å². The molecule has 0 bridgehead atoms. The number of carbonyl (C=O) groups excluding carboxylic acids is 1. The lowest BCUT2D eigenvalue weighted by atomic mass is 10.2. The SMILES string of the molecule is Cc1nc(C)c(CCC(=O)Nc2cc(Cl)ccc2Cl)s1. The monoisotopic (exact) mass is 328 g/mol. The van der Waals surface area contributed by atoms with Gasteiger partial charge in [-0.15, -0.1) is 11.3 Å². The Morgan fingerprint density at radius 1 is 1.35 bits per heavy atom.